The van der Waals surface area contributed by atoms with Crippen LogP contribution in [-0.4, -0.2) is 62.0 Å². The van der Waals surface area contributed by atoms with Gasteiger partial charge in [-0.05, 0) is 60.9 Å². The molecular formula is C28H27F3N6O. The van der Waals surface area contributed by atoms with Crippen LogP contribution in [0.4, 0.5) is 13.2 Å². The van der Waals surface area contributed by atoms with Gasteiger partial charge < -0.3 is 13.9 Å². The van der Waals surface area contributed by atoms with Crippen molar-refractivity contribution in [1.29, 1.82) is 5.26 Å². The Morgan fingerprint density at radius 1 is 1.00 bits per heavy atom. The van der Waals surface area contributed by atoms with Crippen molar-refractivity contribution >= 4 is 11.6 Å². The normalized spacial score (nSPS) is 15.0. The first-order valence-electron chi connectivity index (χ1n) is 12.4. The molecule has 196 valence electrons. The summed E-state index contributed by atoms with van der Waals surface area (Å²) in [6, 6.07) is 17.5. The van der Waals surface area contributed by atoms with Crippen LogP contribution >= 0.6 is 0 Å². The van der Waals surface area contributed by atoms with Crippen molar-refractivity contribution in [2.45, 2.75) is 26.1 Å². The first-order chi connectivity index (χ1) is 18.2. The number of carbonyl (C=O) groups is 1. The van der Waals surface area contributed by atoms with Gasteiger partial charge in [-0.15, -0.1) is 0 Å². The van der Waals surface area contributed by atoms with Crippen LogP contribution < -0.4 is 0 Å². The number of rotatable bonds is 4. The van der Waals surface area contributed by atoms with E-state index in [9.17, 15) is 18.0 Å². The lowest BCUT2D eigenvalue weighted by atomic mass is 10.1. The number of imidazole rings is 1. The van der Waals surface area contributed by atoms with Crippen LogP contribution in [-0.2, 0) is 18.4 Å². The summed E-state index contributed by atoms with van der Waals surface area (Å²) in [7, 11) is 1.98. The minimum Gasteiger partial charge on any atom is -0.347 e. The number of aromatic nitrogens is 3. The van der Waals surface area contributed by atoms with Crippen molar-refractivity contribution < 1.29 is 18.0 Å². The van der Waals surface area contributed by atoms with Crippen molar-refractivity contribution in [3.63, 3.8) is 0 Å². The van der Waals surface area contributed by atoms with Gasteiger partial charge in [-0.1, -0.05) is 12.1 Å². The van der Waals surface area contributed by atoms with Gasteiger partial charge in [-0.25, -0.2) is 4.98 Å². The Kier molecular flexibility index (Phi) is 6.71. The van der Waals surface area contributed by atoms with Crippen LogP contribution in [0.1, 0.15) is 23.4 Å². The van der Waals surface area contributed by atoms with Crippen LogP contribution in [0.5, 0.6) is 0 Å². The fourth-order valence-electron chi connectivity index (χ4n) is 4.93. The number of fused-ring (bicyclic) bond motifs is 1. The number of benzene rings is 1. The Labute approximate surface area is 218 Å². The van der Waals surface area contributed by atoms with Crippen molar-refractivity contribution in [3.8, 4) is 28.6 Å². The summed E-state index contributed by atoms with van der Waals surface area (Å²) < 4.78 is 43.1. The molecule has 1 fully saturated rings. The topological polar surface area (TPSA) is 69.6 Å². The van der Waals surface area contributed by atoms with Crippen LogP contribution in [0.25, 0.3) is 28.2 Å². The summed E-state index contributed by atoms with van der Waals surface area (Å²) in [6.07, 6.45) is -2.40. The number of nitriles is 1. The van der Waals surface area contributed by atoms with Crippen molar-refractivity contribution in [2.24, 2.45) is 7.05 Å². The van der Waals surface area contributed by atoms with E-state index < -0.39 is 12.1 Å². The molecule has 0 saturated carbocycles. The van der Waals surface area contributed by atoms with Crippen molar-refractivity contribution in [1.82, 2.24) is 23.8 Å². The van der Waals surface area contributed by atoms with Crippen LogP contribution in [0, 0.1) is 18.3 Å². The van der Waals surface area contributed by atoms with Gasteiger partial charge in [-0.3, -0.25) is 9.69 Å². The van der Waals surface area contributed by atoms with E-state index in [1.54, 1.807) is 12.1 Å². The van der Waals surface area contributed by atoms with Crippen LogP contribution in [0.15, 0.2) is 54.7 Å². The summed E-state index contributed by atoms with van der Waals surface area (Å²) in [5, 5.41) is 9.13. The first-order valence-corrected chi connectivity index (χ1v) is 12.4. The summed E-state index contributed by atoms with van der Waals surface area (Å²) in [5.41, 5.74) is 7.01. The molecule has 7 nitrogen and oxygen atoms in total. The van der Waals surface area contributed by atoms with E-state index in [1.807, 2.05) is 61.0 Å². The predicted octanol–water partition coefficient (Wildman–Crippen LogP) is 4.78. The number of carbonyl (C=O) groups excluding carboxylic acids is 1. The Morgan fingerprint density at radius 3 is 2.39 bits per heavy atom. The zero-order valence-corrected chi connectivity index (χ0v) is 21.2. The number of hydrogen-bond acceptors (Lipinski definition) is 4. The Hall–Kier alpha value is -4.10. The molecule has 0 bridgehead atoms. The Balaban J connectivity index is 1.52. The largest absolute Gasteiger partial charge is 0.471 e. The van der Waals surface area contributed by atoms with E-state index in [2.05, 4.69) is 15.5 Å². The van der Waals surface area contributed by atoms with Gasteiger partial charge in [0.05, 0.1) is 23.0 Å². The van der Waals surface area contributed by atoms with Crippen LogP contribution in [0.3, 0.4) is 0 Å². The maximum absolute atomic E-state index is 13.0. The highest BCUT2D eigenvalue weighted by Gasteiger charge is 2.42. The number of nitrogens with zero attached hydrogens (tertiary/aromatic N) is 6. The van der Waals surface area contributed by atoms with E-state index in [0.717, 1.165) is 44.4 Å². The lowest BCUT2D eigenvalue weighted by Crippen LogP contribution is -2.43. The third-order valence-electron chi connectivity index (χ3n) is 7.17. The molecule has 1 aliphatic rings. The molecule has 4 heterocycles. The number of aryl methyl sites for hydroxylation is 1. The van der Waals surface area contributed by atoms with Crippen LogP contribution in [0.2, 0.25) is 0 Å². The molecule has 1 saturated heterocycles. The zero-order chi connectivity index (χ0) is 27.0. The van der Waals surface area contributed by atoms with Gasteiger partial charge in [0, 0.05) is 51.7 Å². The average Bonchev–Trinajstić information content (AvgIpc) is 3.31. The van der Waals surface area contributed by atoms with Gasteiger partial charge in [-0.2, -0.15) is 18.4 Å². The number of pyridine rings is 1. The molecule has 1 aliphatic heterocycles. The van der Waals surface area contributed by atoms with E-state index in [0.29, 0.717) is 31.6 Å². The molecule has 3 aromatic heterocycles. The second-order valence-electron chi connectivity index (χ2n) is 9.58. The van der Waals surface area contributed by atoms with Gasteiger partial charge in [0.15, 0.2) is 0 Å². The molecule has 0 atom stereocenters. The van der Waals surface area contributed by atoms with Crippen molar-refractivity contribution in [3.05, 3.63) is 71.7 Å². The number of alkyl halides is 3. The van der Waals surface area contributed by atoms with Gasteiger partial charge in [0.25, 0.3) is 0 Å². The minimum absolute atomic E-state index is 0.0180. The SMILES string of the molecule is Cc1ccc(-c2nc3ccc(-c4ccc(C#N)cc4)cn3c2CN2CCCN(C(=O)C(F)(F)F)CC2)n1C. The average molecular weight is 521 g/mol. The quantitative estimate of drug-likeness (QED) is 0.388. The van der Waals surface area contributed by atoms with Gasteiger partial charge in [0.2, 0.25) is 0 Å². The van der Waals surface area contributed by atoms with E-state index in [1.165, 1.54) is 0 Å². The third-order valence-corrected chi connectivity index (χ3v) is 7.17. The minimum atomic E-state index is -4.86. The highest BCUT2D eigenvalue weighted by Crippen LogP contribution is 2.30. The molecule has 0 spiro atoms. The fraction of sp³-hybridized carbons (Fsp3) is 0.321. The molecule has 4 aromatic rings. The standard InChI is InChI=1S/C28H27F3N6O/c1-19-4-10-23(34(19)2)26-24(18-35-12-3-13-36(15-14-35)27(38)28(29,30)31)37-17-22(9-11-25(37)33-26)21-7-5-20(16-32)6-8-21/h4-11,17H,3,12-15,18H2,1-2H3. The summed E-state index contributed by atoms with van der Waals surface area (Å²) in [6.45, 7) is 3.47. The lowest BCUT2D eigenvalue weighted by molar-refractivity contribution is -0.185. The Bertz CT molecular complexity index is 1530. The smallest absolute Gasteiger partial charge is 0.347 e. The second kappa shape index (κ2) is 9.99. The molecule has 0 radical (unpaired) electrons. The van der Waals surface area contributed by atoms with E-state index in [-0.39, 0.29) is 13.1 Å². The molecule has 1 aromatic carbocycles. The molecule has 0 unspecified atom stereocenters. The molecule has 5 rings (SSSR count). The predicted molar refractivity (Wildman–Crippen MR) is 137 cm³/mol. The molecule has 38 heavy (non-hydrogen) atoms. The number of amides is 1. The van der Waals surface area contributed by atoms with E-state index in [4.69, 9.17) is 10.2 Å². The maximum atomic E-state index is 13.0. The highest BCUT2D eigenvalue weighted by atomic mass is 19.4. The van der Waals surface area contributed by atoms with E-state index >= 15 is 0 Å². The summed E-state index contributed by atoms with van der Waals surface area (Å²) in [4.78, 5) is 19.7. The highest BCUT2D eigenvalue weighted by molar-refractivity contribution is 5.81. The Morgan fingerprint density at radius 2 is 1.74 bits per heavy atom. The zero-order valence-electron chi connectivity index (χ0n) is 21.2. The van der Waals surface area contributed by atoms with Crippen molar-refractivity contribution in [2.75, 3.05) is 26.2 Å². The maximum Gasteiger partial charge on any atom is 0.471 e. The first kappa shape index (κ1) is 25.5. The molecule has 1 amide bonds. The molecule has 0 aliphatic carbocycles. The molecular weight excluding hydrogens is 493 g/mol. The third kappa shape index (κ3) is 4.89. The fourth-order valence-corrected chi connectivity index (χ4v) is 4.93. The monoisotopic (exact) mass is 520 g/mol. The van der Waals surface area contributed by atoms with Gasteiger partial charge >= 0.3 is 12.1 Å². The second-order valence-corrected chi connectivity index (χ2v) is 9.58. The molecule has 10 heteroatoms. The summed E-state index contributed by atoms with van der Waals surface area (Å²) in [5.74, 6) is -1.78. The number of hydrogen-bond donors (Lipinski definition) is 0. The molecule has 0 N–H and O–H groups in total. The van der Waals surface area contributed by atoms with Gasteiger partial charge in [0.1, 0.15) is 11.3 Å². The number of halogens is 3. The lowest BCUT2D eigenvalue weighted by Gasteiger charge is -2.23. The summed E-state index contributed by atoms with van der Waals surface area (Å²) >= 11 is 0.